The Hall–Kier alpha value is -3.27. The summed E-state index contributed by atoms with van der Waals surface area (Å²) in [7, 11) is 4.23. The van der Waals surface area contributed by atoms with Gasteiger partial charge in [0.2, 0.25) is 0 Å². The molecule has 2 heterocycles. The van der Waals surface area contributed by atoms with Crippen molar-refractivity contribution >= 4 is 22.3 Å². The monoisotopic (exact) mass is 356 g/mol. The molecule has 0 amide bonds. The molecule has 2 aliphatic heterocycles. The number of hydrogen-bond acceptors (Lipinski definition) is 4. The van der Waals surface area contributed by atoms with Crippen molar-refractivity contribution in [2.75, 3.05) is 37.0 Å². The van der Waals surface area contributed by atoms with E-state index in [1.54, 1.807) is 12.1 Å². The van der Waals surface area contributed by atoms with Crippen molar-refractivity contribution in [3.8, 4) is 22.5 Å². The van der Waals surface area contributed by atoms with Crippen molar-refractivity contribution in [3.05, 3.63) is 70.9 Å². The van der Waals surface area contributed by atoms with E-state index in [9.17, 15) is 4.79 Å². The molecule has 0 spiro atoms. The zero-order chi connectivity index (χ0) is 18.5. The summed E-state index contributed by atoms with van der Waals surface area (Å²) in [5, 5.41) is 1.06. The fourth-order valence-corrected chi connectivity index (χ4v) is 3.96. The maximum Gasteiger partial charge on any atom is 0.182 e. The first-order valence-electron chi connectivity index (χ1n) is 9.14. The summed E-state index contributed by atoms with van der Waals surface area (Å²) in [5.74, 6) is 0.626. The van der Waals surface area contributed by atoms with Gasteiger partial charge < -0.3 is 14.2 Å². The average Bonchev–Trinajstić information content (AvgIpc) is 2.68. The van der Waals surface area contributed by atoms with E-state index in [0.717, 1.165) is 46.4 Å². The molecule has 134 valence electrons. The Bertz CT molecular complexity index is 1180. The number of rotatable bonds is 1. The van der Waals surface area contributed by atoms with Crippen LogP contribution in [0.1, 0.15) is 0 Å². The maximum absolute atomic E-state index is 11.9. The van der Waals surface area contributed by atoms with Crippen molar-refractivity contribution in [2.45, 2.75) is 0 Å². The minimum absolute atomic E-state index is 0.0422. The number of nitrogens with zero attached hydrogens (tertiary/aromatic N) is 2. The van der Waals surface area contributed by atoms with Crippen LogP contribution in [0.25, 0.3) is 33.4 Å². The lowest BCUT2D eigenvalue weighted by molar-refractivity contribution is 0.619. The van der Waals surface area contributed by atoms with Crippen LogP contribution in [0.5, 0.6) is 0 Å². The molecule has 1 aliphatic carbocycles. The van der Waals surface area contributed by atoms with Gasteiger partial charge in [-0.15, -0.1) is 0 Å². The van der Waals surface area contributed by atoms with E-state index < -0.39 is 0 Å². The molecule has 0 bridgehead atoms. The van der Waals surface area contributed by atoms with Crippen LogP contribution in [-0.2, 0) is 0 Å². The molecule has 2 aromatic rings. The van der Waals surface area contributed by atoms with Crippen LogP contribution in [0.4, 0.5) is 11.4 Å². The lowest BCUT2D eigenvalue weighted by Crippen LogP contribution is -2.36. The van der Waals surface area contributed by atoms with E-state index in [1.165, 1.54) is 5.69 Å². The van der Waals surface area contributed by atoms with Crippen molar-refractivity contribution in [1.29, 1.82) is 0 Å². The predicted octanol–water partition coefficient (Wildman–Crippen LogP) is 4.45. The minimum atomic E-state index is -0.0422. The van der Waals surface area contributed by atoms with Gasteiger partial charge in [0.15, 0.2) is 5.43 Å². The predicted molar refractivity (Wildman–Crippen MR) is 111 cm³/mol. The van der Waals surface area contributed by atoms with E-state index in [2.05, 4.69) is 48.2 Å². The van der Waals surface area contributed by atoms with Crippen molar-refractivity contribution in [2.24, 2.45) is 0 Å². The second-order valence-corrected chi connectivity index (χ2v) is 7.18. The van der Waals surface area contributed by atoms with E-state index in [-0.39, 0.29) is 5.43 Å². The van der Waals surface area contributed by atoms with Crippen LogP contribution < -0.4 is 15.2 Å². The third-order valence-corrected chi connectivity index (χ3v) is 5.44. The van der Waals surface area contributed by atoms with Crippen LogP contribution in [-0.4, -0.2) is 27.2 Å². The molecule has 0 aromatic heterocycles. The number of benzene rings is 3. The molecule has 0 radical (unpaired) electrons. The largest absolute Gasteiger partial charge is 0.456 e. The Morgan fingerprint density at radius 2 is 1.56 bits per heavy atom. The summed E-state index contributed by atoms with van der Waals surface area (Å²) in [4.78, 5) is 16.5. The molecule has 4 nitrogen and oxygen atoms in total. The summed E-state index contributed by atoms with van der Waals surface area (Å²) in [6, 6.07) is 19.7. The topological polar surface area (TPSA) is 36.7 Å². The lowest BCUT2D eigenvalue weighted by Gasteiger charge is -2.35. The van der Waals surface area contributed by atoms with Gasteiger partial charge in [0.1, 0.15) is 11.3 Å². The molecule has 0 saturated carbocycles. The Balaban J connectivity index is 1.94. The van der Waals surface area contributed by atoms with Crippen molar-refractivity contribution in [3.63, 3.8) is 0 Å². The third kappa shape index (κ3) is 2.48. The first-order chi connectivity index (χ1) is 13.1. The second kappa shape index (κ2) is 5.88. The summed E-state index contributed by atoms with van der Waals surface area (Å²) in [5.41, 5.74) is 6.29. The molecule has 0 saturated heterocycles. The highest BCUT2D eigenvalue weighted by atomic mass is 16.3. The van der Waals surface area contributed by atoms with Crippen molar-refractivity contribution in [1.82, 2.24) is 0 Å². The molecule has 0 atom stereocenters. The van der Waals surface area contributed by atoms with Crippen LogP contribution in [0.3, 0.4) is 0 Å². The highest BCUT2D eigenvalue weighted by Crippen LogP contribution is 2.44. The Kier molecular flexibility index (Phi) is 3.47. The molecule has 27 heavy (non-hydrogen) atoms. The van der Waals surface area contributed by atoms with Gasteiger partial charge in [0, 0.05) is 55.8 Å². The highest BCUT2D eigenvalue weighted by molar-refractivity contribution is 6.05. The second-order valence-electron chi connectivity index (χ2n) is 7.18. The number of likely N-dealkylation sites (N-methyl/N-ethyl adjacent to an activating group) is 2. The van der Waals surface area contributed by atoms with Crippen LogP contribution >= 0.6 is 0 Å². The fraction of sp³-hybridized carbons (Fsp3) is 0.174. The average molecular weight is 356 g/mol. The lowest BCUT2D eigenvalue weighted by atomic mass is 9.93. The first kappa shape index (κ1) is 15.9. The SMILES string of the molecule is CN1CCN(C)c2cc3c(-c4ccccc4)c4ccc(=O)cc-4oc3cc21. The summed E-state index contributed by atoms with van der Waals surface area (Å²) in [6.45, 7) is 1.96. The van der Waals surface area contributed by atoms with Gasteiger partial charge in [-0.3, -0.25) is 4.79 Å². The molecular formula is C23H20N2O2. The molecule has 0 fully saturated rings. The zero-order valence-electron chi connectivity index (χ0n) is 15.4. The molecular weight excluding hydrogens is 336 g/mol. The fourth-order valence-electron chi connectivity index (χ4n) is 3.96. The molecule has 5 rings (SSSR count). The highest BCUT2D eigenvalue weighted by Gasteiger charge is 2.23. The zero-order valence-corrected chi connectivity index (χ0v) is 15.4. The maximum atomic E-state index is 11.9. The first-order valence-corrected chi connectivity index (χ1v) is 9.14. The van der Waals surface area contributed by atoms with Gasteiger partial charge in [-0.05, 0) is 23.8 Å². The van der Waals surface area contributed by atoms with E-state index in [1.807, 2.05) is 24.3 Å². The van der Waals surface area contributed by atoms with Gasteiger partial charge in [0.25, 0.3) is 0 Å². The van der Waals surface area contributed by atoms with Crippen molar-refractivity contribution < 1.29 is 4.42 Å². The third-order valence-electron chi connectivity index (χ3n) is 5.44. The van der Waals surface area contributed by atoms with Gasteiger partial charge in [-0.1, -0.05) is 30.3 Å². The van der Waals surface area contributed by atoms with Gasteiger partial charge in [0.05, 0.1) is 11.4 Å². The number of fused-ring (bicyclic) bond motifs is 3. The van der Waals surface area contributed by atoms with Crippen LogP contribution in [0, 0.1) is 0 Å². The minimum Gasteiger partial charge on any atom is -0.456 e. The molecule has 3 aliphatic rings. The van der Waals surface area contributed by atoms with Crippen LogP contribution in [0.15, 0.2) is 69.9 Å². The number of hydrogen-bond donors (Lipinski definition) is 0. The molecule has 4 heteroatoms. The van der Waals surface area contributed by atoms with E-state index in [4.69, 9.17) is 4.42 Å². The summed E-state index contributed by atoms with van der Waals surface area (Å²) >= 11 is 0. The quantitative estimate of drug-likeness (QED) is 0.472. The summed E-state index contributed by atoms with van der Waals surface area (Å²) < 4.78 is 6.19. The normalized spacial score (nSPS) is 14.0. The van der Waals surface area contributed by atoms with Crippen LogP contribution in [0.2, 0.25) is 0 Å². The summed E-state index contributed by atoms with van der Waals surface area (Å²) in [6.07, 6.45) is 0. The Morgan fingerprint density at radius 3 is 2.30 bits per heavy atom. The van der Waals surface area contributed by atoms with Gasteiger partial charge in [-0.2, -0.15) is 0 Å². The van der Waals surface area contributed by atoms with E-state index >= 15 is 0 Å². The van der Waals surface area contributed by atoms with E-state index in [0.29, 0.717) is 5.76 Å². The standard InChI is InChI=1S/C23H20N2O2/c1-24-10-11-25(2)20-14-22-18(13-19(20)24)23(15-6-4-3-5-7-15)17-9-8-16(26)12-21(17)27-22/h3-9,12-14H,10-11H2,1-2H3. The van der Waals surface area contributed by atoms with Gasteiger partial charge >= 0.3 is 0 Å². The molecule has 2 aromatic carbocycles. The molecule has 0 N–H and O–H groups in total. The number of anilines is 2. The Morgan fingerprint density at radius 1 is 0.852 bits per heavy atom. The Labute approximate surface area is 157 Å². The smallest absolute Gasteiger partial charge is 0.182 e. The molecule has 0 unspecified atom stereocenters. The van der Waals surface area contributed by atoms with Gasteiger partial charge in [-0.25, -0.2) is 0 Å².